The summed E-state index contributed by atoms with van der Waals surface area (Å²) in [7, 11) is -3.80. The summed E-state index contributed by atoms with van der Waals surface area (Å²) in [5.41, 5.74) is 1.54. The molecule has 2 aliphatic heterocycles. The minimum absolute atomic E-state index is 0.0669. The first kappa shape index (κ1) is 20.0. The number of carbonyl (C=O) groups is 1. The van der Waals surface area contributed by atoms with E-state index in [0.29, 0.717) is 37.5 Å². The Bertz CT molecular complexity index is 982. The van der Waals surface area contributed by atoms with E-state index in [-0.39, 0.29) is 17.2 Å². The molecule has 158 valence electrons. The minimum Gasteiger partial charge on any atom is -0.440 e. The molecule has 2 aromatic heterocycles. The lowest BCUT2D eigenvalue weighted by atomic mass is 10.1. The summed E-state index contributed by atoms with van der Waals surface area (Å²) in [5.74, 6) is 0.757. The smallest absolute Gasteiger partial charge is 0.319 e. The van der Waals surface area contributed by atoms with Gasteiger partial charge in [-0.1, -0.05) is 5.16 Å². The fraction of sp³-hybridized carbons (Fsp3) is 0.579. The van der Waals surface area contributed by atoms with Gasteiger partial charge < -0.3 is 18.7 Å². The molecule has 0 unspecified atom stereocenters. The van der Waals surface area contributed by atoms with Crippen LogP contribution in [0, 0.1) is 13.8 Å². The van der Waals surface area contributed by atoms with E-state index in [0.717, 1.165) is 37.2 Å². The molecular weight excluding hydrogens is 396 g/mol. The Morgan fingerprint density at radius 2 is 1.76 bits per heavy atom. The molecule has 0 atom stereocenters. The molecule has 9 nitrogen and oxygen atoms in total. The lowest BCUT2D eigenvalue weighted by Gasteiger charge is -2.34. The van der Waals surface area contributed by atoms with Crippen LogP contribution in [0.3, 0.4) is 0 Å². The Morgan fingerprint density at radius 3 is 2.38 bits per heavy atom. The average molecular weight is 423 g/mol. The number of nitrogens with one attached hydrogen (secondary N) is 1. The summed E-state index contributed by atoms with van der Waals surface area (Å²) in [6, 6.07) is 2.82. The van der Waals surface area contributed by atoms with Crippen molar-refractivity contribution in [1.82, 2.24) is 19.7 Å². The highest BCUT2D eigenvalue weighted by Crippen LogP contribution is 2.29. The summed E-state index contributed by atoms with van der Waals surface area (Å²) in [6.07, 6.45) is 3.26. The zero-order valence-electron chi connectivity index (χ0n) is 16.7. The molecule has 0 radical (unpaired) electrons. The van der Waals surface area contributed by atoms with Crippen LogP contribution in [0.25, 0.3) is 11.5 Å². The molecule has 4 rings (SSSR count). The summed E-state index contributed by atoms with van der Waals surface area (Å²) in [4.78, 5) is 16.2. The minimum atomic E-state index is -3.80. The van der Waals surface area contributed by atoms with Crippen LogP contribution in [0.1, 0.15) is 36.9 Å². The van der Waals surface area contributed by atoms with Gasteiger partial charge in [0.25, 0.3) is 10.0 Å². The second-order valence-electron chi connectivity index (χ2n) is 7.70. The normalized spacial score (nSPS) is 18.6. The van der Waals surface area contributed by atoms with Crippen LogP contribution in [0.5, 0.6) is 0 Å². The highest BCUT2D eigenvalue weighted by atomic mass is 32.2. The number of carbonyl (C=O) groups excluding carboxylic acids is 1. The molecule has 0 aliphatic carbocycles. The van der Waals surface area contributed by atoms with Crippen LogP contribution >= 0.6 is 0 Å². The molecule has 0 saturated carbocycles. The van der Waals surface area contributed by atoms with Gasteiger partial charge in [-0.25, -0.2) is 17.9 Å². The fourth-order valence-corrected chi connectivity index (χ4v) is 5.04. The second kappa shape index (κ2) is 7.83. The standard InChI is InChI=1S/C19H26N4O5S/c1-13-14(2)20-28-18(13)16-5-6-17(27-16)29(25,26)21-15-7-11-23(12-8-15)19(24)22-9-3-4-10-22/h5-6,15,21H,3-4,7-12H2,1-2H3. The van der Waals surface area contributed by atoms with Crippen molar-refractivity contribution in [2.24, 2.45) is 0 Å². The van der Waals surface area contributed by atoms with E-state index in [1.165, 1.54) is 6.07 Å². The predicted molar refractivity (Wildman–Crippen MR) is 105 cm³/mol. The van der Waals surface area contributed by atoms with Gasteiger partial charge >= 0.3 is 6.03 Å². The molecule has 29 heavy (non-hydrogen) atoms. The van der Waals surface area contributed by atoms with Gasteiger partial charge in [-0.15, -0.1) is 0 Å². The van der Waals surface area contributed by atoms with E-state index in [1.807, 2.05) is 23.6 Å². The molecule has 0 bridgehead atoms. The number of furan rings is 1. The topological polar surface area (TPSA) is 109 Å². The molecule has 2 saturated heterocycles. The third-order valence-electron chi connectivity index (χ3n) is 5.69. The summed E-state index contributed by atoms with van der Waals surface area (Å²) in [6.45, 7) is 6.37. The summed E-state index contributed by atoms with van der Waals surface area (Å²) in [5, 5.41) is 3.72. The predicted octanol–water partition coefficient (Wildman–Crippen LogP) is 2.51. The lowest BCUT2D eigenvalue weighted by Crippen LogP contribution is -2.50. The van der Waals surface area contributed by atoms with Crippen molar-refractivity contribution >= 4 is 16.1 Å². The van der Waals surface area contributed by atoms with Gasteiger partial charge in [0, 0.05) is 37.8 Å². The van der Waals surface area contributed by atoms with Crippen molar-refractivity contribution in [1.29, 1.82) is 0 Å². The van der Waals surface area contributed by atoms with Crippen molar-refractivity contribution in [3.63, 3.8) is 0 Å². The number of likely N-dealkylation sites (tertiary alicyclic amines) is 2. The Kier molecular flexibility index (Phi) is 5.39. The highest BCUT2D eigenvalue weighted by molar-refractivity contribution is 7.89. The van der Waals surface area contributed by atoms with Crippen LogP contribution in [0.2, 0.25) is 0 Å². The van der Waals surface area contributed by atoms with Gasteiger partial charge in [-0.05, 0) is 51.7 Å². The van der Waals surface area contributed by atoms with Crippen molar-refractivity contribution in [3.8, 4) is 11.5 Å². The molecule has 1 N–H and O–H groups in total. The van der Waals surface area contributed by atoms with Crippen LogP contribution in [-0.4, -0.2) is 61.6 Å². The molecule has 2 aliphatic rings. The number of aromatic nitrogens is 1. The highest BCUT2D eigenvalue weighted by Gasteiger charge is 2.31. The Hall–Kier alpha value is -2.33. The molecule has 4 heterocycles. The molecule has 0 spiro atoms. The van der Waals surface area contributed by atoms with Gasteiger partial charge in [0.05, 0.1) is 5.69 Å². The van der Waals surface area contributed by atoms with E-state index in [2.05, 4.69) is 9.88 Å². The monoisotopic (exact) mass is 422 g/mol. The SMILES string of the molecule is Cc1noc(-c2ccc(S(=O)(=O)NC3CCN(C(=O)N4CCCC4)CC3)o2)c1C. The Labute approximate surface area is 170 Å². The zero-order chi connectivity index (χ0) is 20.6. The van der Waals surface area contributed by atoms with Crippen molar-refractivity contribution in [2.75, 3.05) is 26.2 Å². The van der Waals surface area contributed by atoms with Gasteiger partial charge in [0.15, 0.2) is 5.76 Å². The second-order valence-corrected chi connectivity index (χ2v) is 9.35. The van der Waals surface area contributed by atoms with Gasteiger partial charge in [0.1, 0.15) is 0 Å². The van der Waals surface area contributed by atoms with E-state index >= 15 is 0 Å². The third-order valence-corrected chi connectivity index (χ3v) is 7.08. The maximum absolute atomic E-state index is 12.7. The molecule has 10 heteroatoms. The first-order chi connectivity index (χ1) is 13.8. The lowest BCUT2D eigenvalue weighted by molar-refractivity contribution is 0.147. The van der Waals surface area contributed by atoms with E-state index < -0.39 is 10.0 Å². The van der Waals surface area contributed by atoms with Crippen molar-refractivity contribution in [3.05, 3.63) is 23.4 Å². The number of rotatable bonds is 4. The van der Waals surface area contributed by atoms with E-state index in [9.17, 15) is 13.2 Å². The summed E-state index contributed by atoms with van der Waals surface area (Å²) >= 11 is 0. The molecule has 0 aromatic carbocycles. The number of amides is 2. The number of nitrogens with zero attached hydrogens (tertiary/aromatic N) is 3. The van der Waals surface area contributed by atoms with Crippen LogP contribution in [0.15, 0.2) is 26.2 Å². The first-order valence-corrected chi connectivity index (χ1v) is 11.4. The maximum atomic E-state index is 12.7. The molecule has 2 fully saturated rings. The number of piperidine rings is 1. The first-order valence-electron chi connectivity index (χ1n) is 9.94. The van der Waals surface area contributed by atoms with Gasteiger partial charge in [-0.2, -0.15) is 0 Å². The van der Waals surface area contributed by atoms with Crippen molar-refractivity contribution in [2.45, 2.75) is 50.7 Å². The number of hydrogen-bond donors (Lipinski definition) is 1. The number of aryl methyl sites for hydroxylation is 1. The number of hydrogen-bond acceptors (Lipinski definition) is 6. The molecule has 2 amide bonds. The summed E-state index contributed by atoms with van der Waals surface area (Å²) < 4.78 is 38.9. The fourth-order valence-electron chi connectivity index (χ4n) is 3.81. The van der Waals surface area contributed by atoms with Gasteiger partial charge in [0.2, 0.25) is 10.9 Å². The largest absolute Gasteiger partial charge is 0.440 e. The van der Waals surface area contributed by atoms with Crippen LogP contribution in [-0.2, 0) is 10.0 Å². The zero-order valence-corrected chi connectivity index (χ0v) is 17.5. The quantitative estimate of drug-likeness (QED) is 0.811. The molecule has 2 aromatic rings. The third kappa shape index (κ3) is 4.04. The maximum Gasteiger partial charge on any atom is 0.319 e. The van der Waals surface area contributed by atoms with E-state index in [4.69, 9.17) is 8.94 Å². The number of sulfonamides is 1. The Balaban J connectivity index is 1.37. The number of urea groups is 1. The van der Waals surface area contributed by atoms with Crippen molar-refractivity contribution < 1.29 is 22.2 Å². The Morgan fingerprint density at radius 1 is 1.10 bits per heavy atom. The van der Waals surface area contributed by atoms with E-state index in [1.54, 1.807) is 6.07 Å². The average Bonchev–Trinajstić information content (AvgIpc) is 3.44. The molecular formula is C19H26N4O5S. The van der Waals surface area contributed by atoms with Gasteiger partial charge in [-0.3, -0.25) is 0 Å². The van der Waals surface area contributed by atoms with Crippen LogP contribution in [0.4, 0.5) is 4.79 Å². The van der Waals surface area contributed by atoms with Crippen LogP contribution < -0.4 is 4.72 Å².